The highest BCUT2D eigenvalue weighted by Crippen LogP contribution is 2.36. The molecule has 0 saturated heterocycles. The van der Waals surface area contributed by atoms with Gasteiger partial charge < -0.3 is 4.74 Å². The second-order valence-electron chi connectivity index (χ2n) is 3.51. The first kappa shape index (κ1) is 14.0. The minimum absolute atomic E-state index is 0.00722. The van der Waals surface area contributed by atoms with Gasteiger partial charge in [0.1, 0.15) is 5.82 Å². The Kier molecular flexibility index (Phi) is 4.17. The van der Waals surface area contributed by atoms with Crippen LogP contribution in [-0.4, -0.2) is 11.6 Å². The van der Waals surface area contributed by atoms with E-state index >= 15 is 0 Å². The second-order valence-corrected chi connectivity index (χ2v) is 4.35. The third-order valence-electron chi connectivity index (χ3n) is 2.24. The molecule has 100 valence electrons. The van der Waals surface area contributed by atoms with Crippen molar-refractivity contribution in [2.24, 2.45) is 0 Å². The second kappa shape index (κ2) is 5.67. The number of halogens is 5. The van der Waals surface area contributed by atoms with Crippen molar-refractivity contribution in [1.29, 1.82) is 0 Å². The highest BCUT2D eigenvalue weighted by Gasteiger charge is 2.16. The molecular weight excluding hydrogens is 302 g/mol. The summed E-state index contributed by atoms with van der Waals surface area (Å²) in [5.41, 5.74) is 0.268. The van der Waals surface area contributed by atoms with E-state index in [0.29, 0.717) is 5.02 Å². The minimum Gasteiger partial charge on any atom is -0.416 e. The standard InChI is InChI=1S/C12H6Cl2F3NO/c13-6-1-2-10(14)8(3-6)9-4-7(15)5-18-11(9)19-12(16)17/h1-5,12H. The summed E-state index contributed by atoms with van der Waals surface area (Å²) in [7, 11) is 0. The van der Waals surface area contributed by atoms with E-state index < -0.39 is 18.3 Å². The predicted molar refractivity (Wildman–Crippen MR) is 66.3 cm³/mol. The van der Waals surface area contributed by atoms with Gasteiger partial charge in [0, 0.05) is 21.2 Å². The Morgan fingerprint density at radius 1 is 1.11 bits per heavy atom. The zero-order valence-corrected chi connectivity index (χ0v) is 10.7. The first-order chi connectivity index (χ1) is 8.97. The molecule has 0 radical (unpaired) electrons. The summed E-state index contributed by atoms with van der Waals surface area (Å²) < 4.78 is 42.0. The van der Waals surface area contributed by atoms with Crippen molar-refractivity contribution in [2.45, 2.75) is 6.61 Å². The quantitative estimate of drug-likeness (QED) is 0.813. The van der Waals surface area contributed by atoms with Gasteiger partial charge in [-0.3, -0.25) is 0 Å². The SMILES string of the molecule is Fc1cnc(OC(F)F)c(-c2cc(Cl)ccc2Cl)c1. The molecule has 0 fully saturated rings. The molecule has 2 nitrogen and oxygen atoms in total. The largest absolute Gasteiger partial charge is 0.416 e. The molecule has 0 amide bonds. The van der Waals surface area contributed by atoms with E-state index in [9.17, 15) is 13.2 Å². The van der Waals surface area contributed by atoms with E-state index in [1.165, 1.54) is 18.2 Å². The topological polar surface area (TPSA) is 22.1 Å². The van der Waals surface area contributed by atoms with Crippen molar-refractivity contribution < 1.29 is 17.9 Å². The summed E-state index contributed by atoms with van der Waals surface area (Å²) in [6.45, 7) is -3.07. The number of benzene rings is 1. The van der Waals surface area contributed by atoms with Crippen LogP contribution in [0.4, 0.5) is 13.2 Å². The summed E-state index contributed by atoms with van der Waals surface area (Å²) in [6, 6.07) is 5.41. The Bertz CT molecular complexity index is 608. The van der Waals surface area contributed by atoms with Gasteiger partial charge in [0.25, 0.3) is 0 Å². The van der Waals surface area contributed by atoms with Gasteiger partial charge in [-0.2, -0.15) is 8.78 Å². The van der Waals surface area contributed by atoms with Crippen molar-refractivity contribution in [3.05, 3.63) is 46.3 Å². The lowest BCUT2D eigenvalue weighted by atomic mass is 10.1. The first-order valence-corrected chi connectivity index (χ1v) is 5.79. The Labute approximate surface area is 116 Å². The van der Waals surface area contributed by atoms with Crippen LogP contribution in [0.2, 0.25) is 10.0 Å². The van der Waals surface area contributed by atoms with Gasteiger partial charge >= 0.3 is 6.61 Å². The van der Waals surface area contributed by atoms with Crippen LogP contribution in [-0.2, 0) is 0 Å². The van der Waals surface area contributed by atoms with Crippen LogP contribution in [0.5, 0.6) is 5.88 Å². The zero-order chi connectivity index (χ0) is 14.0. The lowest BCUT2D eigenvalue weighted by Crippen LogP contribution is -2.05. The van der Waals surface area contributed by atoms with Crippen LogP contribution >= 0.6 is 23.2 Å². The Hall–Kier alpha value is -1.46. The fraction of sp³-hybridized carbons (Fsp3) is 0.0833. The van der Waals surface area contributed by atoms with Crippen LogP contribution in [0.15, 0.2) is 30.5 Å². The molecule has 0 atom stereocenters. The Morgan fingerprint density at radius 3 is 2.53 bits per heavy atom. The summed E-state index contributed by atoms with van der Waals surface area (Å²) in [5.74, 6) is -1.12. The van der Waals surface area contributed by atoms with Gasteiger partial charge in [-0.25, -0.2) is 9.37 Å². The molecule has 0 unspecified atom stereocenters. The van der Waals surface area contributed by atoms with Crippen molar-refractivity contribution in [1.82, 2.24) is 4.98 Å². The van der Waals surface area contributed by atoms with Crippen molar-refractivity contribution in [3.8, 4) is 17.0 Å². The number of ether oxygens (including phenoxy) is 1. The van der Waals surface area contributed by atoms with Gasteiger partial charge in [0.2, 0.25) is 5.88 Å². The third-order valence-corrected chi connectivity index (χ3v) is 2.80. The van der Waals surface area contributed by atoms with Crippen molar-refractivity contribution >= 4 is 23.2 Å². The molecule has 0 N–H and O–H groups in total. The van der Waals surface area contributed by atoms with Gasteiger partial charge in [0.05, 0.1) is 6.20 Å². The maximum atomic E-state index is 13.2. The normalized spacial score (nSPS) is 10.8. The molecule has 1 aromatic carbocycles. The number of hydrogen-bond donors (Lipinski definition) is 0. The molecule has 1 heterocycles. The molecule has 0 saturated carbocycles. The van der Waals surface area contributed by atoms with Crippen molar-refractivity contribution in [3.63, 3.8) is 0 Å². The van der Waals surface area contributed by atoms with Gasteiger partial charge in [-0.15, -0.1) is 0 Å². The number of pyridine rings is 1. The van der Waals surface area contributed by atoms with Gasteiger partial charge in [0.15, 0.2) is 0 Å². The Balaban J connectivity index is 2.59. The van der Waals surface area contributed by atoms with E-state index in [-0.39, 0.29) is 16.1 Å². The van der Waals surface area contributed by atoms with E-state index in [0.717, 1.165) is 12.3 Å². The maximum Gasteiger partial charge on any atom is 0.388 e. The average Bonchev–Trinajstić information content (AvgIpc) is 2.34. The molecule has 7 heteroatoms. The number of hydrogen-bond acceptors (Lipinski definition) is 2. The van der Waals surface area contributed by atoms with Crippen LogP contribution in [0.1, 0.15) is 0 Å². The van der Waals surface area contributed by atoms with Gasteiger partial charge in [-0.05, 0) is 24.3 Å². The lowest BCUT2D eigenvalue weighted by Gasteiger charge is -2.11. The molecule has 0 bridgehead atoms. The van der Waals surface area contributed by atoms with Crippen LogP contribution in [0.3, 0.4) is 0 Å². The molecule has 19 heavy (non-hydrogen) atoms. The van der Waals surface area contributed by atoms with E-state index in [1.54, 1.807) is 0 Å². The summed E-state index contributed by atoms with van der Waals surface area (Å²) in [6.07, 6.45) is 0.777. The average molecular weight is 308 g/mol. The summed E-state index contributed by atoms with van der Waals surface area (Å²) in [5, 5.41) is 0.544. The number of rotatable bonds is 3. The smallest absolute Gasteiger partial charge is 0.388 e. The molecular formula is C12H6Cl2F3NO. The summed E-state index contributed by atoms with van der Waals surface area (Å²) >= 11 is 11.7. The highest BCUT2D eigenvalue weighted by atomic mass is 35.5. The summed E-state index contributed by atoms with van der Waals surface area (Å²) in [4.78, 5) is 3.49. The molecule has 2 rings (SSSR count). The van der Waals surface area contributed by atoms with Crippen LogP contribution in [0, 0.1) is 5.82 Å². The van der Waals surface area contributed by atoms with E-state index in [1.807, 2.05) is 0 Å². The van der Waals surface area contributed by atoms with Crippen LogP contribution < -0.4 is 4.74 Å². The van der Waals surface area contributed by atoms with E-state index in [4.69, 9.17) is 23.2 Å². The molecule has 0 aliphatic rings. The zero-order valence-electron chi connectivity index (χ0n) is 9.21. The van der Waals surface area contributed by atoms with Crippen molar-refractivity contribution in [2.75, 3.05) is 0 Å². The third kappa shape index (κ3) is 3.30. The maximum absolute atomic E-state index is 13.2. The fourth-order valence-corrected chi connectivity index (χ4v) is 1.89. The van der Waals surface area contributed by atoms with Gasteiger partial charge in [-0.1, -0.05) is 23.2 Å². The first-order valence-electron chi connectivity index (χ1n) is 5.03. The lowest BCUT2D eigenvalue weighted by molar-refractivity contribution is -0.0524. The molecule has 0 spiro atoms. The molecule has 2 aromatic rings. The van der Waals surface area contributed by atoms with Crippen LogP contribution in [0.25, 0.3) is 11.1 Å². The number of alkyl halides is 2. The molecule has 1 aromatic heterocycles. The minimum atomic E-state index is -3.07. The molecule has 0 aliphatic carbocycles. The predicted octanol–water partition coefficient (Wildman–Crippen LogP) is 4.80. The number of nitrogens with zero attached hydrogens (tertiary/aromatic N) is 1. The van der Waals surface area contributed by atoms with E-state index in [2.05, 4.69) is 9.72 Å². The fourth-order valence-electron chi connectivity index (χ4n) is 1.50. The Morgan fingerprint density at radius 2 is 1.84 bits per heavy atom. The monoisotopic (exact) mass is 307 g/mol. The molecule has 0 aliphatic heterocycles. The highest BCUT2D eigenvalue weighted by molar-refractivity contribution is 6.35. The number of aromatic nitrogens is 1.